The van der Waals surface area contributed by atoms with Gasteiger partial charge in [0.05, 0.1) is 12.6 Å². The van der Waals surface area contributed by atoms with Gasteiger partial charge in [0.15, 0.2) is 6.10 Å². The number of fused-ring (bicyclic) bond motifs is 1. The molecule has 0 heterocycles. The predicted octanol–water partition coefficient (Wildman–Crippen LogP) is 4.07. The first-order valence-corrected chi connectivity index (χ1v) is 6.76. The number of benzene rings is 2. The maximum atomic E-state index is 12.5. The Bertz CT molecular complexity index is 597. The fourth-order valence-corrected chi connectivity index (χ4v) is 2.11. The van der Waals surface area contributed by atoms with Gasteiger partial charge in [-0.1, -0.05) is 36.4 Å². The molecule has 0 aromatic heterocycles. The van der Waals surface area contributed by atoms with Crippen molar-refractivity contribution in [1.29, 1.82) is 0 Å². The topological polar surface area (TPSA) is 21.3 Å². The van der Waals surface area contributed by atoms with Gasteiger partial charge < -0.3 is 10.1 Å². The van der Waals surface area contributed by atoms with Crippen molar-refractivity contribution in [3.63, 3.8) is 0 Å². The highest BCUT2D eigenvalue weighted by Gasteiger charge is 2.37. The van der Waals surface area contributed by atoms with E-state index in [-0.39, 0.29) is 12.6 Å². The van der Waals surface area contributed by atoms with Crippen molar-refractivity contribution in [2.75, 3.05) is 13.7 Å². The van der Waals surface area contributed by atoms with Crippen molar-refractivity contribution in [3.05, 3.63) is 48.0 Å². The highest BCUT2D eigenvalue weighted by Crippen LogP contribution is 2.25. The first-order chi connectivity index (χ1) is 9.91. The molecule has 2 rings (SSSR count). The summed E-state index contributed by atoms with van der Waals surface area (Å²) < 4.78 is 42.3. The molecule has 1 N–H and O–H groups in total. The maximum Gasteiger partial charge on any atom is 0.414 e. The van der Waals surface area contributed by atoms with Gasteiger partial charge in [0, 0.05) is 0 Å². The second-order valence-electron chi connectivity index (χ2n) is 4.97. The van der Waals surface area contributed by atoms with Crippen LogP contribution in [0.4, 0.5) is 13.2 Å². The second-order valence-corrected chi connectivity index (χ2v) is 4.97. The Balaban J connectivity index is 2.12. The molecule has 2 unspecified atom stereocenters. The van der Waals surface area contributed by atoms with Crippen LogP contribution in [0.3, 0.4) is 0 Å². The Morgan fingerprint density at radius 1 is 1.10 bits per heavy atom. The van der Waals surface area contributed by atoms with E-state index in [4.69, 9.17) is 4.74 Å². The third kappa shape index (κ3) is 3.95. The standard InChI is InChI=1S/C16H18F3NO/c1-11(16(17,18)19)21-10-15(20-2)14-8-7-12-5-3-4-6-13(12)9-14/h3-9,11,15,20H,10H2,1-2H3. The van der Waals surface area contributed by atoms with Crippen molar-refractivity contribution in [3.8, 4) is 0 Å². The maximum absolute atomic E-state index is 12.5. The van der Waals surface area contributed by atoms with Crippen molar-refractivity contribution in [2.24, 2.45) is 0 Å². The second kappa shape index (κ2) is 6.45. The lowest BCUT2D eigenvalue weighted by molar-refractivity contribution is -0.215. The van der Waals surface area contributed by atoms with Gasteiger partial charge >= 0.3 is 6.18 Å². The van der Waals surface area contributed by atoms with Crippen LogP contribution in [-0.2, 0) is 4.74 Å². The monoisotopic (exact) mass is 297 g/mol. The molecular formula is C16H18F3NO. The third-order valence-electron chi connectivity index (χ3n) is 3.50. The number of likely N-dealkylation sites (N-methyl/N-ethyl adjacent to an activating group) is 1. The molecule has 0 radical (unpaired) electrons. The number of rotatable bonds is 5. The fraction of sp³-hybridized carbons (Fsp3) is 0.375. The molecule has 0 aliphatic heterocycles. The summed E-state index contributed by atoms with van der Waals surface area (Å²) in [6.07, 6.45) is -6.10. The van der Waals surface area contributed by atoms with Gasteiger partial charge in [-0.15, -0.1) is 0 Å². The van der Waals surface area contributed by atoms with E-state index >= 15 is 0 Å². The number of nitrogens with one attached hydrogen (secondary N) is 1. The molecule has 0 bridgehead atoms. The molecule has 2 nitrogen and oxygen atoms in total. The summed E-state index contributed by atoms with van der Waals surface area (Å²) in [7, 11) is 1.71. The summed E-state index contributed by atoms with van der Waals surface area (Å²) in [5.74, 6) is 0. The molecule has 0 saturated heterocycles. The number of hydrogen-bond acceptors (Lipinski definition) is 2. The summed E-state index contributed by atoms with van der Waals surface area (Å²) in [4.78, 5) is 0. The van der Waals surface area contributed by atoms with Crippen LogP contribution in [0.15, 0.2) is 42.5 Å². The first kappa shape index (κ1) is 15.8. The van der Waals surface area contributed by atoms with E-state index in [2.05, 4.69) is 5.32 Å². The van der Waals surface area contributed by atoms with Gasteiger partial charge in [-0.05, 0) is 36.4 Å². The summed E-state index contributed by atoms with van der Waals surface area (Å²) >= 11 is 0. The van der Waals surface area contributed by atoms with Crippen molar-refractivity contribution in [2.45, 2.75) is 25.2 Å². The number of hydrogen-bond donors (Lipinski definition) is 1. The quantitative estimate of drug-likeness (QED) is 0.898. The highest BCUT2D eigenvalue weighted by molar-refractivity contribution is 5.83. The molecule has 21 heavy (non-hydrogen) atoms. The Kier molecular flexibility index (Phi) is 4.85. The number of alkyl halides is 3. The smallest absolute Gasteiger partial charge is 0.367 e. The molecule has 0 aliphatic carbocycles. The molecule has 2 atom stereocenters. The molecule has 0 aliphatic rings. The van der Waals surface area contributed by atoms with Gasteiger partial charge in [-0.25, -0.2) is 0 Å². The van der Waals surface area contributed by atoms with Crippen LogP contribution in [0.2, 0.25) is 0 Å². The van der Waals surface area contributed by atoms with E-state index in [1.807, 2.05) is 42.5 Å². The van der Waals surface area contributed by atoms with Crippen LogP contribution in [0, 0.1) is 0 Å². The zero-order valence-electron chi connectivity index (χ0n) is 11.9. The molecule has 2 aromatic carbocycles. The lowest BCUT2D eigenvalue weighted by Gasteiger charge is -2.22. The normalized spacial score (nSPS) is 15.1. The Morgan fingerprint density at radius 3 is 2.38 bits per heavy atom. The molecule has 0 saturated carbocycles. The third-order valence-corrected chi connectivity index (χ3v) is 3.50. The van der Waals surface area contributed by atoms with Crippen LogP contribution < -0.4 is 5.32 Å². The van der Waals surface area contributed by atoms with E-state index in [9.17, 15) is 13.2 Å². The lowest BCUT2D eigenvalue weighted by Crippen LogP contribution is -2.32. The van der Waals surface area contributed by atoms with Crippen LogP contribution >= 0.6 is 0 Å². The average Bonchev–Trinajstić information content (AvgIpc) is 2.46. The van der Waals surface area contributed by atoms with E-state index < -0.39 is 12.3 Å². The minimum atomic E-state index is -4.33. The van der Waals surface area contributed by atoms with E-state index in [1.54, 1.807) is 7.05 Å². The molecule has 2 aromatic rings. The molecule has 0 spiro atoms. The molecule has 114 valence electrons. The summed E-state index contributed by atoms with van der Waals surface area (Å²) in [5, 5.41) is 5.15. The Hall–Kier alpha value is -1.59. The lowest BCUT2D eigenvalue weighted by atomic mass is 10.0. The summed E-state index contributed by atoms with van der Waals surface area (Å²) in [6, 6.07) is 13.4. The zero-order valence-corrected chi connectivity index (χ0v) is 11.9. The first-order valence-electron chi connectivity index (χ1n) is 6.76. The fourth-order valence-electron chi connectivity index (χ4n) is 2.11. The van der Waals surface area contributed by atoms with Crippen molar-refractivity contribution >= 4 is 10.8 Å². The SMILES string of the molecule is CNC(COC(C)C(F)(F)F)c1ccc2ccccc2c1. The highest BCUT2D eigenvalue weighted by atomic mass is 19.4. The van der Waals surface area contributed by atoms with Gasteiger partial charge in [-0.3, -0.25) is 0 Å². The van der Waals surface area contributed by atoms with Crippen LogP contribution in [0.25, 0.3) is 10.8 Å². The molecule has 5 heteroatoms. The zero-order chi connectivity index (χ0) is 15.5. The van der Waals surface area contributed by atoms with Crippen LogP contribution in [0.1, 0.15) is 18.5 Å². The Labute approximate surface area is 121 Å². The Morgan fingerprint density at radius 2 is 1.76 bits per heavy atom. The average molecular weight is 297 g/mol. The minimum absolute atomic E-state index is 0.0322. The van der Waals surface area contributed by atoms with E-state index in [0.29, 0.717) is 0 Å². The largest absolute Gasteiger partial charge is 0.414 e. The molecule has 0 fully saturated rings. The van der Waals surface area contributed by atoms with E-state index in [0.717, 1.165) is 23.3 Å². The number of halogens is 3. The minimum Gasteiger partial charge on any atom is -0.367 e. The summed E-state index contributed by atoms with van der Waals surface area (Å²) in [6.45, 7) is 0.989. The molecular weight excluding hydrogens is 279 g/mol. The predicted molar refractivity (Wildman–Crippen MR) is 77.2 cm³/mol. The van der Waals surface area contributed by atoms with Gasteiger partial charge in [0.25, 0.3) is 0 Å². The van der Waals surface area contributed by atoms with Crippen LogP contribution in [0.5, 0.6) is 0 Å². The summed E-state index contributed by atoms with van der Waals surface area (Å²) in [5.41, 5.74) is 0.908. The van der Waals surface area contributed by atoms with Crippen LogP contribution in [-0.4, -0.2) is 25.9 Å². The van der Waals surface area contributed by atoms with Gasteiger partial charge in [0.1, 0.15) is 0 Å². The number of ether oxygens (including phenoxy) is 1. The van der Waals surface area contributed by atoms with Crippen molar-refractivity contribution in [1.82, 2.24) is 5.32 Å². The van der Waals surface area contributed by atoms with Crippen molar-refractivity contribution < 1.29 is 17.9 Å². The van der Waals surface area contributed by atoms with Gasteiger partial charge in [-0.2, -0.15) is 13.2 Å². The molecule has 0 amide bonds. The van der Waals surface area contributed by atoms with Gasteiger partial charge in [0.2, 0.25) is 0 Å². The van der Waals surface area contributed by atoms with E-state index in [1.165, 1.54) is 0 Å².